The molecular formula is C21H30BrN3O2S. The van der Waals surface area contributed by atoms with Crippen molar-refractivity contribution in [3.8, 4) is 0 Å². The Morgan fingerprint density at radius 2 is 1.75 bits per heavy atom. The molecule has 7 heteroatoms. The van der Waals surface area contributed by atoms with Crippen LogP contribution in [0.2, 0.25) is 0 Å². The lowest BCUT2D eigenvalue weighted by Crippen LogP contribution is -2.45. The van der Waals surface area contributed by atoms with Gasteiger partial charge >= 0.3 is 0 Å². The van der Waals surface area contributed by atoms with Gasteiger partial charge in [0.05, 0.1) is 16.2 Å². The molecule has 154 valence electrons. The second-order valence-electron chi connectivity index (χ2n) is 8.06. The summed E-state index contributed by atoms with van der Waals surface area (Å²) < 4.78 is 2.56. The number of aromatic nitrogens is 2. The third kappa shape index (κ3) is 5.17. The average Bonchev–Trinajstić information content (AvgIpc) is 2.58. The van der Waals surface area contributed by atoms with Crippen LogP contribution in [0.15, 0.2) is 32.6 Å². The van der Waals surface area contributed by atoms with Crippen LogP contribution in [0.1, 0.15) is 48.5 Å². The molecule has 1 aromatic carbocycles. The number of fused-ring (bicyclic) bond motifs is 1. The Labute approximate surface area is 180 Å². The van der Waals surface area contributed by atoms with Crippen LogP contribution in [-0.4, -0.2) is 37.7 Å². The minimum absolute atomic E-state index is 0.0632. The summed E-state index contributed by atoms with van der Waals surface area (Å²) >= 11 is 4.80. The first-order valence-corrected chi connectivity index (χ1v) is 11.4. The van der Waals surface area contributed by atoms with E-state index in [0.717, 1.165) is 4.47 Å². The van der Waals surface area contributed by atoms with Crippen molar-refractivity contribution < 1.29 is 4.79 Å². The zero-order chi connectivity index (χ0) is 21.2. The van der Waals surface area contributed by atoms with Crippen molar-refractivity contribution in [2.75, 3.05) is 0 Å². The summed E-state index contributed by atoms with van der Waals surface area (Å²) in [6, 6.07) is 5.77. The van der Waals surface area contributed by atoms with E-state index in [2.05, 4.69) is 29.8 Å². The van der Waals surface area contributed by atoms with Crippen molar-refractivity contribution in [3.05, 3.63) is 33.0 Å². The minimum Gasteiger partial charge on any atom is -0.337 e. The summed E-state index contributed by atoms with van der Waals surface area (Å²) in [5.41, 5.74) is 0.589. The van der Waals surface area contributed by atoms with E-state index in [-0.39, 0.29) is 34.7 Å². The van der Waals surface area contributed by atoms with E-state index in [1.54, 1.807) is 4.57 Å². The molecule has 28 heavy (non-hydrogen) atoms. The van der Waals surface area contributed by atoms with Crippen LogP contribution in [0.3, 0.4) is 0 Å². The molecular weight excluding hydrogens is 438 g/mol. The number of halogens is 1. The fourth-order valence-corrected chi connectivity index (χ4v) is 4.65. The van der Waals surface area contributed by atoms with Gasteiger partial charge in [0.15, 0.2) is 5.16 Å². The number of rotatable bonds is 7. The van der Waals surface area contributed by atoms with Gasteiger partial charge in [-0.2, -0.15) is 0 Å². The van der Waals surface area contributed by atoms with E-state index in [4.69, 9.17) is 4.98 Å². The molecule has 0 saturated carbocycles. The highest BCUT2D eigenvalue weighted by Gasteiger charge is 2.27. The number of hydrogen-bond acceptors (Lipinski definition) is 4. The van der Waals surface area contributed by atoms with Gasteiger partial charge < -0.3 is 4.90 Å². The number of benzene rings is 1. The lowest BCUT2D eigenvalue weighted by Gasteiger charge is -2.33. The molecule has 0 N–H and O–H groups in total. The zero-order valence-corrected chi connectivity index (χ0v) is 20.1. The summed E-state index contributed by atoms with van der Waals surface area (Å²) in [4.78, 5) is 32.8. The van der Waals surface area contributed by atoms with Crippen LogP contribution in [0, 0.1) is 5.92 Å². The molecule has 0 aliphatic rings. The molecule has 1 aromatic heterocycles. The Balaban J connectivity index is 2.48. The Bertz CT molecular complexity index is 900. The number of carbonyl (C=O) groups is 1. The molecule has 0 fully saturated rings. The van der Waals surface area contributed by atoms with Crippen LogP contribution >= 0.6 is 27.7 Å². The van der Waals surface area contributed by atoms with Crippen molar-refractivity contribution in [2.45, 2.75) is 77.5 Å². The Morgan fingerprint density at radius 1 is 1.14 bits per heavy atom. The molecule has 0 radical (unpaired) electrons. The van der Waals surface area contributed by atoms with E-state index in [1.807, 2.05) is 57.7 Å². The van der Waals surface area contributed by atoms with Gasteiger partial charge in [-0.25, -0.2) is 4.98 Å². The number of amides is 1. The number of hydrogen-bond donors (Lipinski definition) is 0. The van der Waals surface area contributed by atoms with Gasteiger partial charge in [0.1, 0.15) is 0 Å². The maximum atomic E-state index is 13.1. The summed E-state index contributed by atoms with van der Waals surface area (Å²) in [5, 5.41) is 0.856. The fraction of sp³-hybridized carbons (Fsp3) is 0.571. The molecule has 0 aliphatic carbocycles. The van der Waals surface area contributed by atoms with Gasteiger partial charge in [0.25, 0.3) is 5.56 Å². The SMILES string of the molecule is CC(C)Cn1c(SC(C)C(=O)N(C(C)C)C(C)C)nc2ccc(Br)cc2c1=O. The maximum Gasteiger partial charge on any atom is 0.262 e. The first-order chi connectivity index (χ1) is 13.0. The predicted octanol–water partition coefficient (Wildman–Crippen LogP) is 4.94. The monoisotopic (exact) mass is 467 g/mol. The Hall–Kier alpha value is -1.34. The van der Waals surface area contributed by atoms with E-state index in [1.165, 1.54) is 11.8 Å². The lowest BCUT2D eigenvalue weighted by atomic mass is 10.2. The minimum atomic E-state index is -0.331. The standard InChI is InChI=1S/C21H30BrN3O2S/c1-12(2)11-24-20(27)17-10-16(22)8-9-18(17)23-21(24)28-15(7)19(26)25(13(3)4)14(5)6/h8-10,12-15H,11H2,1-7H3. The maximum absolute atomic E-state index is 13.1. The second-order valence-corrected chi connectivity index (χ2v) is 10.3. The average molecular weight is 468 g/mol. The molecule has 0 aliphatic heterocycles. The van der Waals surface area contributed by atoms with E-state index >= 15 is 0 Å². The summed E-state index contributed by atoms with van der Waals surface area (Å²) in [5.74, 6) is 0.355. The highest BCUT2D eigenvalue weighted by Crippen LogP contribution is 2.26. The molecule has 0 saturated heterocycles. The highest BCUT2D eigenvalue weighted by molar-refractivity contribution is 9.10. The van der Waals surface area contributed by atoms with Gasteiger partial charge in [0.2, 0.25) is 5.91 Å². The van der Waals surface area contributed by atoms with Crippen molar-refractivity contribution in [3.63, 3.8) is 0 Å². The summed E-state index contributed by atoms with van der Waals surface area (Å²) in [6.45, 7) is 14.7. The number of nitrogens with zero attached hydrogens (tertiary/aromatic N) is 3. The van der Waals surface area contributed by atoms with Gasteiger partial charge in [-0.05, 0) is 58.7 Å². The topological polar surface area (TPSA) is 55.2 Å². The fourth-order valence-electron chi connectivity index (χ4n) is 3.31. The number of carbonyl (C=O) groups excluding carboxylic acids is 1. The first-order valence-electron chi connectivity index (χ1n) is 9.71. The van der Waals surface area contributed by atoms with Crippen LogP contribution in [0.25, 0.3) is 10.9 Å². The zero-order valence-electron chi connectivity index (χ0n) is 17.7. The molecule has 1 amide bonds. The van der Waals surface area contributed by atoms with Gasteiger partial charge in [-0.15, -0.1) is 0 Å². The van der Waals surface area contributed by atoms with E-state index in [9.17, 15) is 9.59 Å². The van der Waals surface area contributed by atoms with E-state index < -0.39 is 0 Å². The van der Waals surface area contributed by atoms with Crippen LogP contribution in [-0.2, 0) is 11.3 Å². The van der Waals surface area contributed by atoms with Gasteiger partial charge in [0, 0.05) is 23.1 Å². The predicted molar refractivity (Wildman–Crippen MR) is 121 cm³/mol. The molecule has 1 heterocycles. The van der Waals surface area contributed by atoms with E-state index in [0.29, 0.717) is 22.6 Å². The quantitative estimate of drug-likeness (QED) is 0.427. The largest absolute Gasteiger partial charge is 0.337 e. The smallest absolute Gasteiger partial charge is 0.262 e. The van der Waals surface area contributed by atoms with Gasteiger partial charge in [-0.1, -0.05) is 41.5 Å². The third-order valence-electron chi connectivity index (χ3n) is 4.43. The van der Waals surface area contributed by atoms with Crippen molar-refractivity contribution in [1.29, 1.82) is 0 Å². The summed E-state index contributed by atoms with van der Waals surface area (Å²) in [7, 11) is 0. The second kappa shape index (κ2) is 9.44. The molecule has 1 unspecified atom stereocenters. The lowest BCUT2D eigenvalue weighted by molar-refractivity contribution is -0.133. The van der Waals surface area contributed by atoms with Crippen molar-refractivity contribution in [2.24, 2.45) is 5.92 Å². The molecule has 0 spiro atoms. The molecule has 2 aromatic rings. The summed E-state index contributed by atoms with van der Waals surface area (Å²) in [6.07, 6.45) is 0. The van der Waals surface area contributed by atoms with Crippen LogP contribution in [0.5, 0.6) is 0 Å². The van der Waals surface area contributed by atoms with Crippen molar-refractivity contribution in [1.82, 2.24) is 14.5 Å². The first kappa shape index (κ1) is 22.9. The Morgan fingerprint density at radius 3 is 2.29 bits per heavy atom. The van der Waals surface area contributed by atoms with Crippen LogP contribution in [0.4, 0.5) is 0 Å². The molecule has 1 atom stereocenters. The third-order valence-corrected chi connectivity index (χ3v) is 6.00. The number of thioether (sulfide) groups is 1. The van der Waals surface area contributed by atoms with Crippen LogP contribution < -0.4 is 5.56 Å². The van der Waals surface area contributed by atoms with Gasteiger partial charge in [-0.3, -0.25) is 14.2 Å². The van der Waals surface area contributed by atoms with Crippen molar-refractivity contribution >= 4 is 44.5 Å². The Kier molecular flexibility index (Phi) is 7.73. The molecule has 0 bridgehead atoms. The normalized spacial score (nSPS) is 13.0. The molecule has 5 nitrogen and oxygen atoms in total. The highest BCUT2D eigenvalue weighted by atomic mass is 79.9. The molecule has 2 rings (SSSR count).